The van der Waals surface area contributed by atoms with Gasteiger partial charge in [0.1, 0.15) is 18.9 Å². The van der Waals surface area contributed by atoms with Gasteiger partial charge in [-0.05, 0) is 52.8 Å². The summed E-state index contributed by atoms with van der Waals surface area (Å²) in [4.78, 5) is 30.0. The van der Waals surface area contributed by atoms with Gasteiger partial charge in [0, 0.05) is 31.7 Å². The first-order chi connectivity index (χ1) is 21.2. The number of hydrogen-bond donors (Lipinski definition) is 0. The molecule has 1 amide bonds. The third-order valence-corrected chi connectivity index (χ3v) is 7.36. The van der Waals surface area contributed by atoms with E-state index in [0.717, 1.165) is 18.7 Å². The van der Waals surface area contributed by atoms with Gasteiger partial charge in [-0.3, -0.25) is 14.5 Å². The van der Waals surface area contributed by atoms with E-state index in [-0.39, 0.29) is 24.5 Å². The zero-order valence-electron chi connectivity index (χ0n) is 26.4. The van der Waals surface area contributed by atoms with Crippen molar-refractivity contribution in [2.24, 2.45) is 0 Å². The molecule has 0 radical (unpaired) electrons. The number of nitrogens with zero attached hydrogens (tertiary/aromatic N) is 2. The highest BCUT2D eigenvalue weighted by molar-refractivity contribution is 5.96. The highest BCUT2D eigenvalue weighted by atomic mass is 16.5. The van der Waals surface area contributed by atoms with Gasteiger partial charge in [0.2, 0.25) is 0 Å². The molecule has 0 saturated carbocycles. The van der Waals surface area contributed by atoms with Crippen LogP contribution in [-0.4, -0.2) is 48.0 Å². The second-order valence-corrected chi connectivity index (χ2v) is 12.0. The van der Waals surface area contributed by atoms with Crippen molar-refractivity contribution < 1.29 is 19.1 Å². The number of hydrogen-bond acceptors (Lipinski definition) is 5. The van der Waals surface area contributed by atoms with Gasteiger partial charge in [0.05, 0.1) is 6.61 Å². The summed E-state index contributed by atoms with van der Waals surface area (Å²) in [5, 5.41) is 0. The highest BCUT2D eigenvalue weighted by Gasteiger charge is 2.21. The summed E-state index contributed by atoms with van der Waals surface area (Å²) in [6.07, 6.45) is 0. The number of amides is 1. The van der Waals surface area contributed by atoms with E-state index in [2.05, 4.69) is 86.3 Å². The van der Waals surface area contributed by atoms with E-state index in [1.54, 1.807) is 19.1 Å². The molecule has 0 aliphatic carbocycles. The minimum absolute atomic E-state index is 0.0273. The predicted molar refractivity (Wildman–Crippen MR) is 175 cm³/mol. The van der Waals surface area contributed by atoms with Gasteiger partial charge in [-0.2, -0.15) is 0 Å². The molecular weight excluding hydrogens is 548 g/mol. The lowest BCUT2D eigenvalue weighted by molar-refractivity contribution is -0.143. The van der Waals surface area contributed by atoms with E-state index in [4.69, 9.17) is 9.47 Å². The zero-order valence-corrected chi connectivity index (χ0v) is 26.4. The monoisotopic (exact) mass is 592 g/mol. The third-order valence-electron chi connectivity index (χ3n) is 7.36. The lowest BCUT2D eigenvalue weighted by Crippen LogP contribution is -2.36. The lowest BCUT2D eigenvalue weighted by atomic mass is 9.87. The van der Waals surface area contributed by atoms with Gasteiger partial charge in [-0.25, -0.2) is 0 Å². The maximum atomic E-state index is 13.7. The molecule has 4 rings (SSSR count). The van der Waals surface area contributed by atoms with Crippen molar-refractivity contribution in [3.05, 3.63) is 137 Å². The molecule has 230 valence electrons. The molecule has 44 heavy (non-hydrogen) atoms. The van der Waals surface area contributed by atoms with Gasteiger partial charge in [0.15, 0.2) is 0 Å². The van der Waals surface area contributed by atoms with E-state index >= 15 is 0 Å². The summed E-state index contributed by atoms with van der Waals surface area (Å²) in [6.45, 7) is 11.5. The third kappa shape index (κ3) is 10.1. The van der Waals surface area contributed by atoms with Crippen LogP contribution in [0.4, 0.5) is 0 Å². The maximum absolute atomic E-state index is 13.7. The van der Waals surface area contributed by atoms with Gasteiger partial charge in [-0.1, -0.05) is 112 Å². The van der Waals surface area contributed by atoms with E-state index in [9.17, 15) is 9.59 Å². The second kappa shape index (κ2) is 15.9. The Labute approximate surface area is 262 Å². The van der Waals surface area contributed by atoms with Crippen molar-refractivity contribution in [2.45, 2.75) is 52.7 Å². The van der Waals surface area contributed by atoms with E-state index in [1.165, 1.54) is 21.6 Å². The van der Waals surface area contributed by atoms with Crippen molar-refractivity contribution in [3.63, 3.8) is 0 Å². The first-order valence-electron chi connectivity index (χ1n) is 15.3. The first-order valence-corrected chi connectivity index (χ1v) is 15.3. The van der Waals surface area contributed by atoms with E-state index < -0.39 is 5.97 Å². The summed E-state index contributed by atoms with van der Waals surface area (Å²) in [7, 11) is 0. The van der Waals surface area contributed by atoms with Crippen molar-refractivity contribution >= 4 is 11.9 Å². The fourth-order valence-electron chi connectivity index (χ4n) is 4.98. The average Bonchev–Trinajstić information content (AvgIpc) is 3.01. The SMILES string of the molecule is CCOC(=O)CN(Cc1ccc(C(C)(C)C)cc1)C(=O)c1cccc(OCCN(Cc2ccccc2)Cc2ccccc2)c1. The molecule has 0 saturated heterocycles. The van der Waals surface area contributed by atoms with Crippen LogP contribution < -0.4 is 4.74 Å². The Hall–Kier alpha value is -4.42. The highest BCUT2D eigenvalue weighted by Crippen LogP contribution is 2.23. The molecular formula is C38H44N2O4. The molecule has 0 fully saturated rings. The van der Waals surface area contributed by atoms with Gasteiger partial charge in [-0.15, -0.1) is 0 Å². The first kappa shape index (κ1) is 32.5. The fraction of sp³-hybridized carbons (Fsp3) is 0.316. The molecule has 4 aromatic rings. The molecule has 6 heteroatoms. The van der Waals surface area contributed by atoms with Gasteiger partial charge < -0.3 is 14.4 Å². The standard InChI is InChI=1S/C38H44N2O4/c1-5-43-36(41)29-40(28-32-19-21-34(22-20-32)38(2,3)4)37(42)33-17-12-18-35(25-33)44-24-23-39(26-30-13-8-6-9-14-30)27-31-15-10-7-11-16-31/h6-22,25H,5,23-24,26-29H2,1-4H3. The largest absolute Gasteiger partial charge is 0.492 e. The van der Waals surface area contributed by atoms with Gasteiger partial charge in [0.25, 0.3) is 5.91 Å². The minimum Gasteiger partial charge on any atom is -0.492 e. The van der Waals surface area contributed by atoms with Gasteiger partial charge >= 0.3 is 5.97 Å². The van der Waals surface area contributed by atoms with E-state index in [0.29, 0.717) is 31.0 Å². The fourth-order valence-corrected chi connectivity index (χ4v) is 4.98. The van der Waals surface area contributed by atoms with Crippen LogP contribution in [0, 0.1) is 0 Å². The lowest BCUT2D eigenvalue weighted by Gasteiger charge is -2.24. The van der Waals surface area contributed by atoms with Crippen molar-refractivity contribution in [1.82, 2.24) is 9.80 Å². The van der Waals surface area contributed by atoms with Crippen LogP contribution in [0.25, 0.3) is 0 Å². The molecule has 0 heterocycles. The Balaban J connectivity index is 1.43. The molecule has 4 aromatic carbocycles. The number of esters is 1. The van der Waals surface area contributed by atoms with Crippen LogP contribution in [0.5, 0.6) is 5.75 Å². The zero-order chi connectivity index (χ0) is 31.4. The van der Waals surface area contributed by atoms with Crippen LogP contribution in [0.1, 0.15) is 60.3 Å². The number of carbonyl (C=O) groups excluding carboxylic acids is 2. The molecule has 0 N–H and O–H groups in total. The number of benzene rings is 4. The Kier molecular flexibility index (Phi) is 11.7. The van der Waals surface area contributed by atoms with Crippen LogP contribution in [0.15, 0.2) is 109 Å². The molecule has 0 spiro atoms. The predicted octanol–water partition coefficient (Wildman–Crippen LogP) is 7.27. The van der Waals surface area contributed by atoms with Crippen molar-refractivity contribution in [3.8, 4) is 5.75 Å². The van der Waals surface area contributed by atoms with Crippen molar-refractivity contribution in [2.75, 3.05) is 26.3 Å². The summed E-state index contributed by atoms with van der Waals surface area (Å²) in [5.74, 6) is -0.0736. The summed E-state index contributed by atoms with van der Waals surface area (Å²) in [6, 6.07) is 36.2. The summed E-state index contributed by atoms with van der Waals surface area (Å²) in [5.41, 5.74) is 5.13. The number of rotatable bonds is 14. The van der Waals surface area contributed by atoms with Crippen LogP contribution in [0.2, 0.25) is 0 Å². The topological polar surface area (TPSA) is 59.1 Å². The van der Waals surface area contributed by atoms with Crippen LogP contribution in [0.3, 0.4) is 0 Å². The maximum Gasteiger partial charge on any atom is 0.325 e. The molecule has 0 aliphatic rings. The Morgan fingerprint density at radius 1 is 0.705 bits per heavy atom. The molecule has 0 aromatic heterocycles. The van der Waals surface area contributed by atoms with Crippen LogP contribution in [-0.2, 0) is 34.6 Å². The minimum atomic E-state index is -0.434. The smallest absolute Gasteiger partial charge is 0.325 e. The molecule has 6 nitrogen and oxygen atoms in total. The Morgan fingerprint density at radius 3 is 1.86 bits per heavy atom. The van der Waals surface area contributed by atoms with E-state index in [1.807, 2.05) is 36.4 Å². The summed E-state index contributed by atoms with van der Waals surface area (Å²) >= 11 is 0. The molecule has 0 aliphatic heterocycles. The Bertz CT molecular complexity index is 1420. The molecule has 0 unspecified atom stereocenters. The summed E-state index contributed by atoms with van der Waals surface area (Å²) < 4.78 is 11.3. The quantitative estimate of drug-likeness (QED) is 0.144. The average molecular weight is 593 g/mol. The molecule has 0 bridgehead atoms. The second-order valence-electron chi connectivity index (χ2n) is 12.0. The molecule has 0 atom stereocenters. The number of ether oxygens (including phenoxy) is 2. The normalized spacial score (nSPS) is 11.3. The van der Waals surface area contributed by atoms with Crippen LogP contribution >= 0.6 is 0 Å². The number of carbonyl (C=O) groups is 2. The van der Waals surface area contributed by atoms with Crippen molar-refractivity contribution in [1.29, 1.82) is 0 Å². The Morgan fingerprint density at radius 2 is 1.30 bits per heavy atom.